The highest BCUT2D eigenvalue weighted by Crippen LogP contribution is 2.28. The second kappa shape index (κ2) is 7.36. The summed E-state index contributed by atoms with van der Waals surface area (Å²) in [4.78, 5) is 22.4. The van der Waals surface area contributed by atoms with E-state index >= 15 is 0 Å². The maximum absolute atomic E-state index is 11.4. The van der Waals surface area contributed by atoms with Gasteiger partial charge in [-0.15, -0.1) is 0 Å². The first kappa shape index (κ1) is 15.0. The molecular formula is C13H23NO4. The van der Waals surface area contributed by atoms with E-state index in [0.29, 0.717) is 24.9 Å². The Kier molecular flexibility index (Phi) is 6.12. The molecule has 0 saturated heterocycles. The van der Waals surface area contributed by atoms with Gasteiger partial charge in [0.25, 0.3) is 0 Å². The SMILES string of the molecule is CC(C)CC(CNC(=O)COCC1CC1)C(=O)O. The Morgan fingerprint density at radius 1 is 1.39 bits per heavy atom. The van der Waals surface area contributed by atoms with E-state index in [2.05, 4.69) is 5.32 Å². The van der Waals surface area contributed by atoms with Crippen molar-refractivity contribution in [3.63, 3.8) is 0 Å². The molecule has 1 saturated carbocycles. The Balaban J connectivity index is 2.14. The largest absolute Gasteiger partial charge is 0.481 e. The summed E-state index contributed by atoms with van der Waals surface area (Å²) in [6.07, 6.45) is 2.95. The number of carbonyl (C=O) groups excluding carboxylic acids is 1. The molecule has 0 bridgehead atoms. The summed E-state index contributed by atoms with van der Waals surface area (Å²) in [6, 6.07) is 0. The third-order valence-electron chi connectivity index (χ3n) is 2.93. The topological polar surface area (TPSA) is 75.6 Å². The molecule has 0 radical (unpaired) electrons. The first-order valence-corrected chi connectivity index (χ1v) is 6.56. The van der Waals surface area contributed by atoms with Crippen LogP contribution < -0.4 is 5.32 Å². The Bertz CT molecular complexity index is 287. The number of nitrogens with one attached hydrogen (secondary N) is 1. The lowest BCUT2D eigenvalue weighted by atomic mass is 9.97. The van der Waals surface area contributed by atoms with E-state index in [0.717, 1.165) is 0 Å². The van der Waals surface area contributed by atoms with Gasteiger partial charge in [0, 0.05) is 6.54 Å². The maximum Gasteiger partial charge on any atom is 0.308 e. The minimum Gasteiger partial charge on any atom is -0.481 e. The lowest BCUT2D eigenvalue weighted by Gasteiger charge is -2.15. The van der Waals surface area contributed by atoms with Crippen molar-refractivity contribution in [2.45, 2.75) is 33.1 Å². The zero-order chi connectivity index (χ0) is 13.5. The lowest BCUT2D eigenvalue weighted by molar-refractivity contribution is -0.142. The van der Waals surface area contributed by atoms with E-state index in [1.54, 1.807) is 0 Å². The number of rotatable bonds is 9. The van der Waals surface area contributed by atoms with E-state index in [4.69, 9.17) is 9.84 Å². The van der Waals surface area contributed by atoms with Gasteiger partial charge < -0.3 is 15.2 Å². The van der Waals surface area contributed by atoms with Gasteiger partial charge in [-0.05, 0) is 31.1 Å². The van der Waals surface area contributed by atoms with Crippen molar-refractivity contribution in [2.24, 2.45) is 17.8 Å². The number of carboxylic acid groups (broad SMARTS) is 1. The van der Waals surface area contributed by atoms with Crippen LogP contribution in [-0.2, 0) is 14.3 Å². The van der Waals surface area contributed by atoms with E-state index in [1.165, 1.54) is 12.8 Å². The van der Waals surface area contributed by atoms with Gasteiger partial charge in [0.1, 0.15) is 6.61 Å². The molecule has 104 valence electrons. The van der Waals surface area contributed by atoms with E-state index < -0.39 is 11.9 Å². The van der Waals surface area contributed by atoms with E-state index in [-0.39, 0.29) is 19.1 Å². The van der Waals surface area contributed by atoms with Gasteiger partial charge in [-0.2, -0.15) is 0 Å². The average Bonchev–Trinajstić information content (AvgIpc) is 3.07. The molecule has 0 aromatic rings. The number of aliphatic carboxylic acids is 1. The molecule has 1 aliphatic carbocycles. The van der Waals surface area contributed by atoms with Crippen LogP contribution in [0.2, 0.25) is 0 Å². The van der Waals surface area contributed by atoms with Crippen molar-refractivity contribution in [1.29, 1.82) is 0 Å². The predicted molar refractivity (Wildman–Crippen MR) is 67.1 cm³/mol. The van der Waals surface area contributed by atoms with Crippen LogP contribution in [0.15, 0.2) is 0 Å². The normalized spacial score (nSPS) is 16.6. The molecule has 1 fully saturated rings. The van der Waals surface area contributed by atoms with Crippen molar-refractivity contribution < 1.29 is 19.4 Å². The number of carboxylic acids is 1. The maximum atomic E-state index is 11.4. The predicted octanol–water partition coefficient (Wildman–Crippen LogP) is 1.28. The summed E-state index contributed by atoms with van der Waals surface area (Å²) >= 11 is 0. The molecule has 5 nitrogen and oxygen atoms in total. The zero-order valence-electron chi connectivity index (χ0n) is 11.1. The Morgan fingerprint density at radius 2 is 2.06 bits per heavy atom. The second-order valence-corrected chi connectivity index (χ2v) is 5.43. The number of carbonyl (C=O) groups is 2. The molecule has 1 aliphatic rings. The molecule has 0 spiro atoms. The highest BCUT2D eigenvalue weighted by molar-refractivity contribution is 5.78. The molecule has 0 heterocycles. The van der Waals surface area contributed by atoms with Crippen LogP contribution in [0.25, 0.3) is 0 Å². The molecule has 1 atom stereocenters. The number of amides is 1. The average molecular weight is 257 g/mol. The standard InChI is InChI=1S/C13H23NO4/c1-9(2)5-11(13(16)17)6-14-12(15)8-18-7-10-3-4-10/h9-11H,3-8H2,1-2H3,(H,14,15)(H,16,17). The smallest absolute Gasteiger partial charge is 0.308 e. The highest BCUT2D eigenvalue weighted by Gasteiger charge is 2.22. The fourth-order valence-electron chi connectivity index (χ4n) is 1.73. The Labute approximate surface area is 108 Å². The zero-order valence-corrected chi connectivity index (χ0v) is 11.1. The van der Waals surface area contributed by atoms with Crippen LogP contribution in [0.1, 0.15) is 33.1 Å². The first-order valence-electron chi connectivity index (χ1n) is 6.56. The van der Waals surface area contributed by atoms with Crippen molar-refractivity contribution in [2.75, 3.05) is 19.8 Å². The quantitative estimate of drug-likeness (QED) is 0.652. The van der Waals surface area contributed by atoms with Crippen LogP contribution in [-0.4, -0.2) is 36.7 Å². The van der Waals surface area contributed by atoms with E-state index in [9.17, 15) is 9.59 Å². The molecule has 1 unspecified atom stereocenters. The Morgan fingerprint density at radius 3 is 2.56 bits per heavy atom. The van der Waals surface area contributed by atoms with Crippen LogP contribution in [0.5, 0.6) is 0 Å². The Hall–Kier alpha value is -1.10. The fraction of sp³-hybridized carbons (Fsp3) is 0.846. The number of hydrogen-bond donors (Lipinski definition) is 2. The van der Waals surface area contributed by atoms with Crippen molar-refractivity contribution in [3.05, 3.63) is 0 Å². The monoisotopic (exact) mass is 257 g/mol. The highest BCUT2D eigenvalue weighted by atomic mass is 16.5. The molecule has 0 aromatic carbocycles. The van der Waals surface area contributed by atoms with Gasteiger partial charge in [-0.3, -0.25) is 9.59 Å². The van der Waals surface area contributed by atoms with Gasteiger partial charge in [0.15, 0.2) is 0 Å². The van der Waals surface area contributed by atoms with Crippen molar-refractivity contribution in [1.82, 2.24) is 5.32 Å². The second-order valence-electron chi connectivity index (χ2n) is 5.43. The molecule has 0 aliphatic heterocycles. The summed E-state index contributed by atoms with van der Waals surface area (Å²) in [7, 11) is 0. The molecule has 1 rings (SSSR count). The minimum absolute atomic E-state index is 0.0323. The van der Waals surface area contributed by atoms with Gasteiger partial charge >= 0.3 is 5.97 Å². The molecule has 5 heteroatoms. The summed E-state index contributed by atoms with van der Waals surface area (Å²) in [5.41, 5.74) is 0. The third kappa shape index (κ3) is 6.59. The fourth-order valence-corrected chi connectivity index (χ4v) is 1.73. The summed E-state index contributed by atoms with van der Waals surface area (Å²) < 4.78 is 5.23. The van der Waals surface area contributed by atoms with Crippen LogP contribution >= 0.6 is 0 Å². The molecular weight excluding hydrogens is 234 g/mol. The number of ether oxygens (including phenoxy) is 1. The molecule has 18 heavy (non-hydrogen) atoms. The van der Waals surface area contributed by atoms with Crippen molar-refractivity contribution >= 4 is 11.9 Å². The molecule has 2 N–H and O–H groups in total. The van der Waals surface area contributed by atoms with Crippen LogP contribution in [0.4, 0.5) is 0 Å². The van der Waals surface area contributed by atoms with Crippen LogP contribution in [0.3, 0.4) is 0 Å². The summed E-state index contributed by atoms with van der Waals surface area (Å²) in [6.45, 7) is 4.79. The van der Waals surface area contributed by atoms with Gasteiger partial charge in [0.2, 0.25) is 5.91 Å². The first-order chi connectivity index (χ1) is 8.49. The minimum atomic E-state index is -0.858. The molecule has 1 amide bonds. The van der Waals surface area contributed by atoms with Gasteiger partial charge in [-0.1, -0.05) is 13.8 Å². The summed E-state index contributed by atoms with van der Waals surface area (Å²) in [5, 5.41) is 11.6. The van der Waals surface area contributed by atoms with E-state index in [1.807, 2.05) is 13.8 Å². The number of hydrogen-bond acceptors (Lipinski definition) is 3. The van der Waals surface area contributed by atoms with Gasteiger partial charge in [-0.25, -0.2) is 0 Å². The van der Waals surface area contributed by atoms with Crippen molar-refractivity contribution in [3.8, 4) is 0 Å². The summed E-state index contributed by atoms with van der Waals surface area (Å²) in [5.74, 6) is -0.675. The third-order valence-corrected chi connectivity index (χ3v) is 2.93. The van der Waals surface area contributed by atoms with Gasteiger partial charge in [0.05, 0.1) is 12.5 Å². The van der Waals surface area contributed by atoms with Crippen LogP contribution in [0, 0.1) is 17.8 Å². The molecule has 0 aromatic heterocycles. The lowest BCUT2D eigenvalue weighted by Crippen LogP contribution is -2.35.